The molecule has 2 aliphatic heterocycles. The second-order valence-corrected chi connectivity index (χ2v) is 6.58. The fourth-order valence-corrected chi connectivity index (χ4v) is 4.34. The number of fused-ring (bicyclic) bond motifs is 2. The first-order chi connectivity index (χ1) is 9.83. The number of thioether (sulfide) groups is 1. The molecule has 2 aliphatic rings. The number of benzene rings is 1. The summed E-state index contributed by atoms with van der Waals surface area (Å²) in [6.07, 6.45) is 2.27. The molecule has 4 rings (SSSR count). The fraction of sp³-hybridized carbons (Fsp3) is 0.467. The average Bonchev–Trinajstić information content (AvgIpc) is 3.13. The van der Waals surface area contributed by atoms with Gasteiger partial charge in [0.1, 0.15) is 11.6 Å². The van der Waals surface area contributed by atoms with Gasteiger partial charge >= 0.3 is 0 Å². The first-order valence-corrected chi connectivity index (χ1v) is 8.21. The molecule has 2 atom stereocenters. The molecule has 0 spiro atoms. The maximum atomic E-state index is 4.38. The highest BCUT2D eigenvalue weighted by atomic mass is 32.2. The van der Waals surface area contributed by atoms with E-state index in [1.165, 1.54) is 16.9 Å². The van der Waals surface area contributed by atoms with Gasteiger partial charge in [0, 0.05) is 29.7 Å². The lowest BCUT2D eigenvalue weighted by molar-refractivity contribution is 0.464. The summed E-state index contributed by atoms with van der Waals surface area (Å²) in [5, 5.41) is 12.4. The fourth-order valence-electron chi connectivity index (χ4n) is 3.17. The number of nitrogens with zero attached hydrogens (tertiary/aromatic N) is 3. The van der Waals surface area contributed by atoms with E-state index in [1.807, 2.05) is 11.8 Å². The van der Waals surface area contributed by atoms with Crippen LogP contribution in [-0.2, 0) is 13.0 Å². The van der Waals surface area contributed by atoms with Crippen LogP contribution < -0.4 is 5.32 Å². The summed E-state index contributed by atoms with van der Waals surface area (Å²) in [6, 6.07) is 9.34. The van der Waals surface area contributed by atoms with E-state index >= 15 is 0 Å². The van der Waals surface area contributed by atoms with E-state index in [2.05, 4.69) is 51.3 Å². The van der Waals surface area contributed by atoms with E-state index in [4.69, 9.17) is 0 Å². The number of nitrogens with one attached hydrogen (secondary N) is 1. The van der Waals surface area contributed by atoms with Gasteiger partial charge < -0.3 is 4.57 Å². The largest absolute Gasteiger partial charge is 0.314 e. The summed E-state index contributed by atoms with van der Waals surface area (Å²) in [4.78, 5) is 1.41. The van der Waals surface area contributed by atoms with E-state index in [9.17, 15) is 0 Å². The molecule has 2 unspecified atom stereocenters. The molecule has 1 aromatic carbocycles. The summed E-state index contributed by atoms with van der Waals surface area (Å²) in [7, 11) is 0. The Hall–Kier alpha value is -1.33. The summed E-state index contributed by atoms with van der Waals surface area (Å²) < 4.78 is 2.28. The van der Waals surface area contributed by atoms with Crippen molar-refractivity contribution >= 4 is 11.8 Å². The predicted molar refractivity (Wildman–Crippen MR) is 79.8 cm³/mol. The van der Waals surface area contributed by atoms with Gasteiger partial charge in [-0.2, -0.15) is 0 Å². The standard InChI is InChI=1S/C15H18N4S/c1-10(15-18-17-14-7-4-8-19(14)15)16-12-9-20-13-6-3-2-5-11(12)13/h2-3,5-6,10,12,16H,4,7-9H2,1H3. The minimum absolute atomic E-state index is 0.242. The number of aromatic nitrogens is 3. The lowest BCUT2D eigenvalue weighted by atomic mass is 10.1. The zero-order valence-electron chi connectivity index (χ0n) is 11.5. The third kappa shape index (κ3) is 1.96. The quantitative estimate of drug-likeness (QED) is 0.942. The highest BCUT2D eigenvalue weighted by Gasteiger charge is 2.27. The molecule has 3 heterocycles. The van der Waals surface area contributed by atoms with Gasteiger partial charge in [0.25, 0.3) is 0 Å². The maximum Gasteiger partial charge on any atom is 0.149 e. The first-order valence-electron chi connectivity index (χ1n) is 7.22. The van der Waals surface area contributed by atoms with Gasteiger partial charge in [0.2, 0.25) is 0 Å². The van der Waals surface area contributed by atoms with Gasteiger partial charge in [-0.05, 0) is 25.0 Å². The molecule has 0 fully saturated rings. The second-order valence-electron chi connectivity index (χ2n) is 5.52. The Kier molecular flexibility index (Phi) is 3.04. The molecule has 1 aromatic heterocycles. The topological polar surface area (TPSA) is 42.7 Å². The van der Waals surface area contributed by atoms with E-state index in [0.29, 0.717) is 6.04 Å². The van der Waals surface area contributed by atoms with Crippen LogP contribution in [0.15, 0.2) is 29.2 Å². The van der Waals surface area contributed by atoms with Crippen molar-refractivity contribution in [2.75, 3.05) is 5.75 Å². The number of hydrogen-bond acceptors (Lipinski definition) is 4. The Morgan fingerprint density at radius 3 is 3.20 bits per heavy atom. The van der Waals surface area contributed by atoms with Crippen LogP contribution in [0.5, 0.6) is 0 Å². The lowest BCUT2D eigenvalue weighted by Crippen LogP contribution is -2.26. The Bertz CT molecular complexity index is 637. The molecule has 0 saturated heterocycles. The van der Waals surface area contributed by atoms with E-state index in [1.54, 1.807) is 0 Å². The SMILES string of the molecule is CC(NC1CSc2ccccc21)c1nnc2n1CCC2. The van der Waals surface area contributed by atoms with Crippen molar-refractivity contribution in [2.45, 2.75) is 43.3 Å². The lowest BCUT2D eigenvalue weighted by Gasteiger charge is -2.19. The molecule has 4 nitrogen and oxygen atoms in total. The molecule has 2 aromatic rings. The van der Waals surface area contributed by atoms with Crippen molar-refractivity contribution in [1.82, 2.24) is 20.1 Å². The third-order valence-corrected chi connectivity index (χ3v) is 5.36. The molecule has 1 N–H and O–H groups in total. The second kappa shape index (κ2) is 4.90. The van der Waals surface area contributed by atoms with Gasteiger partial charge in [-0.1, -0.05) is 18.2 Å². The Morgan fingerprint density at radius 1 is 1.35 bits per heavy atom. The van der Waals surface area contributed by atoms with Gasteiger partial charge in [-0.25, -0.2) is 0 Å². The van der Waals surface area contributed by atoms with E-state index < -0.39 is 0 Å². The summed E-state index contributed by atoms with van der Waals surface area (Å²) in [6.45, 7) is 3.26. The van der Waals surface area contributed by atoms with Gasteiger partial charge in [0.05, 0.1) is 6.04 Å². The van der Waals surface area contributed by atoms with Crippen molar-refractivity contribution in [3.05, 3.63) is 41.5 Å². The monoisotopic (exact) mass is 286 g/mol. The van der Waals surface area contributed by atoms with Gasteiger partial charge in [0.15, 0.2) is 0 Å². The van der Waals surface area contributed by atoms with Gasteiger partial charge in [-0.15, -0.1) is 22.0 Å². The third-order valence-electron chi connectivity index (χ3n) is 4.18. The Morgan fingerprint density at radius 2 is 2.25 bits per heavy atom. The van der Waals surface area contributed by atoms with Gasteiger partial charge in [-0.3, -0.25) is 5.32 Å². The van der Waals surface area contributed by atoms with Crippen LogP contribution in [0.25, 0.3) is 0 Å². The average molecular weight is 286 g/mol. The highest BCUT2D eigenvalue weighted by molar-refractivity contribution is 7.99. The van der Waals surface area contributed by atoms with Crippen molar-refractivity contribution in [2.24, 2.45) is 0 Å². The normalized spacial score (nSPS) is 21.8. The zero-order chi connectivity index (χ0) is 13.5. The molecule has 0 bridgehead atoms. The molecule has 104 valence electrons. The number of rotatable bonds is 3. The van der Waals surface area contributed by atoms with Crippen molar-refractivity contribution < 1.29 is 0 Å². The maximum absolute atomic E-state index is 4.38. The molecular formula is C15H18N4S. The summed E-state index contributed by atoms with van der Waals surface area (Å²) in [5.74, 6) is 3.34. The Labute approximate surface area is 123 Å². The minimum Gasteiger partial charge on any atom is -0.314 e. The molecule has 20 heavy (non-hydrogen) atoms. The van der Waals surface area contributed by atoms with Crippen LogP contribution in [0.2, 0.25) is 0 Å². The van der Waals surface area contributed by atoms with Crippen molar-refractivity contribution in [3.63, 3.8) is 0 Å². The zero-order valence-corrected chi connectivity index (χ0v) is 12.4. The smallest absolute Gasteiger partial charge is 0.149 e. The summed E-state index contributed by atoms with van der Waals surface area (Å²) >= 11 is 1.94. The van der Waals surface area contributed by atoms with Crippen LogP contribution in [0.4, 0.5) is 0 Å². The van der Waals surface area contributed by atoms with Crippen LogP contribution in [0.3, 0.4) is 0 Å². The number of hydrogen-bond donors (Lipinski definition) is 1. The molecule has 0 amide bonds. The predicted octanol–water partition coefficient (Wildman–Crippen LogP) is 2.72. The van der Waals surface area contributed by atoms with Crippen LogP contribution in [0, 0.1) is 0 Å². The van der Waals surface area contributed by atoms with Crippen molar-refractivity contribution in [1.29, 1.82) is 0 Å². The first kappa shape index (κ1) is 12.4. The summed E-state index contributed by atoms with van der Waals surface area (Å²) in [5.41, 5.74) is 1.42. The van der Waals surface area contributed by atoms with Crippen molar-refractivity contribution in [3.8, 4) is 0 Å². The molecular weight excluding hydrogens is 268 g/mol. The number of aryl methyl sites for hydroxylation is 1. The molecule has 0 saturated carbocycles. The van der Waals surface area contributed by atoms with E-state index in [-0.39, 0.29) is 6.04 Å². The molecule has 0 radical (unpaired) electrons. The van der Waals surface area contributed by atoms with Crippen LogP contribution >= 0.6 is 11.8 Å². The van der Waals surface area contributed by atoms with Crippen LogP contribution in [0.1, 0.15) is 42.6 Å². The van der Waals surface area contributed by atoms with Crippen LogP contribution in [-0.4, -0.2) is 20.5 Å². The highest BCUT2D eigenvalue weighted by Crippen LogP contribution is 2.38. The molecule has 0 aliphatic carbocycles. The molecule has 5 heteroatoms. The Balaban J connectivity index is 1.55. The minimum atomic E-state index is 0.242. The van der Waals surface area contributed by atoms with E-state index in [0.717, 1.165) is 30.4 Å².